The highest BCUT2D eigenvalue weighted by molar-refractivity contribution is 14.0. The SMILES string of the molecule is CN=C(NCCCOC)NCC1(c2ccc(F)cc2)CCC1.I. The molecule has 0 bridgehead atoms. The lowest BCUT2D eigenvalue weighted by Gasteiger charge is -2.43. The van der Waals surface area contributed by atoms with E-state index in [1.807, 2.05) is 12.1 Å². The topological polar surface area (TPSA) is 45.7 Å². The third-order valence-electron chi connectivity index (χ3n) is 4.40. The summed E-state index contributed by atoms with van der Waals surface area (Å²) in [7, 11) is 3.48. The molecule has 0 heterocycles. The Labute approximate surface area is 155 Å². The molecule has 2 N–H and O–H groups in total. The minimum Gasteiger partial charge on any atom is -0.385 e. The molecule has 0 unspecified atom stereocenters. The van der Waals surface area contributed by atoms with Crippen LogP contribution in [0.1, 0.15) is 31.2 Å². The van der Waals surface area contributed by atoms with E-state index in [9.17, 15) is 4.39 Å². The number of guanidine groups is 1. The molecule has 23 heavy (non-hydrogen) atoms. The number of methoxy groups -OCH3 is 1. The number of nitrogens with zero attached hydrogens (tertiary/aromatic N) is 1. The second-order valence-electron chi connectivity index (χ2n) is 5.84. The molecule has 0 atom stereocenters. The van der Waals surface area contributed by atoms with Crippen LogP contribution < -0.4 is 10.6 Å². The van der Waals surface area contributed by atoms with Gasteiger partial charge in [-0.05, 0) is 37.0 Å². The highest BCUT2D eigenvalue weighted by Gasteiger charge is 2.38. The minimum atomic E-state index is -0.179. The summed E-state index contributed by atoms with van der Waals surface area (Å²) in [6.45, 7) is 2.39. The van der Waals surface area contributed by atoms with Crippen LogP contribution in [0.4, 0.5) is 4.39 Å². The zero-order chi connectivity index (χ0) is 15.8. The largest absolute Gasteiger partial charge is 0.385 e. The summed E-state index contributed by atoms with van der Waals surface area (Å²) in [5.74, 6) is 0.631. The van der Waals surface area contributed by atoms with Crippen molar-refractivity contribution in [2.24, 2.45) is 4.99 Å². The molecule has 1 saturated carbocycles. The number of nitrogens with one attached hydrogen (secondary N) is 2. The van der Waals surface area contributed by atoms with Crippen molar-refractivity contribution >= 4 is 29.9 Å². The normalized spacial score (nSPS) is 16.2. The van der Waals surface area contributed by atoms with E-state index in [2.05, 4.69) is 15.6 Å². The summed E-state index contributed by atoms with van der Waals surface area (Å²) in [4.78, 5) is 4.25. The van der Waals surface area contributed by atoms with E-state index in [4.69, 9.17) is 4.74 Å². The fourth-order valence-electron chi connectivity index (χ4n) is 2.87. The maximum atomic E-state index is 13.1. The smallest absolute Gasteiger partial charge is 0.191 e. The van der Waals surface area contributed by atoms with Crippen LogP contribution in [-0.2, 0) is 10.2 Å². The number of ether oxygens (including phenoxy) is 1. The zero-order valence-electron chi connectivity index (χ0n) is 13.9. The van der Waals surface area contributed by atoms with E-state index in [0.717, 1.165) is 44.9 Å². The Balaban J connectivity index is 0.00000264. The zero-order valence-corrected chi connectivity index (χ0v) is 16.2. The molecule has 1 aliphatic carbocycles. The number of halogens is 2. The molecule has 0 spiro atoms. The summed E-state index contributed by atoms with van der Waals surface area (Å²) < 4.78 is 18.1. The Morgan fingerprint density at radius 3 is 2.48 bits per heavy atom. The van der Waals surface area contributed by atoms with Crippen LogP contribution in [0, 0.1) is 5.82 Å². The van der Waals surface area contributed by atoms with E-state index < -0.39 is 0 Å². The molecule has 0 amide bonds. The van der Waals surface area contributed by atoms with Crippen molar-refractivity contribution in [3.05, 3.63) is 35.6 Å². The molecule has 0 aromatic heterocycles. The quantitative estimate of drug-likeness (QED) is 0.300. The summed E-state index contributed by atoms with van der Waals surface area (Å²) >= 11 is 0. The summed E-state index contributed by atoms with van der Waals surface area (Å²) in [5, 5.41) is 6.69. The fraction of sp³-hybridized carbons (Fsp3) is 0.588. The Hall–Kier alpha value is -0.890. The molecule has 4 nitrogen and oxygen atoms in total. The summed E-state index contributed by atoms with van der Waals surface area (Å²) in [5.41, 5.74) is 1.32. The summed E-state index contributed by atoms with van der Waals surface area (Å²) in [6.07, 6.45) is 4.43. The number of hydrogen-bond acceptors (Lipinski definition) is 2. The van der Waals surface area contributed by atoms with Gasteiger partial charge in [-0.15, -0.1) is 24.0 Å². The van der Waals surface area contributed by atoms with Crippen LogP contribution in [0.5, 0.6) is 0 Å². The van der Waals surface area contributed by atoms with Gasteiger partial charge in [0.25, 0.3) is 0 Å². The Bertz CT molecular complexity index is 489. The lowest BCUT2D eigenvalue weighted by atomic mass is 9.64. The van der Waals surface area contributed by atoms with Crippen LogP contribution >= 0.6 is 24.0 Å². The maximum absolute atomic E-state index is 13.1. The lowest BCUT2D eigenvalue weighted by molar-refractivity contribution is 0.195. The van der Waals surface area contributed by atoms with Crippen LogP contribution in [0.25, 0.3) is 0 Å². The Morgan fingerprint density at radius 2 is 1.96 bits per heavy atom. The van der Waals surface area contributed by atoms with Gasteiger partial charge in [0.2, 0.25) is 0 Å². The fourth-order valence-corrected chi connectivity index (χ4v) is 2.87. The van der Waals surface area contributed by atoms with Gasteiger partial charge < -0.3 is 15.4 Å². The van der Waals surface area contributed by atoms with E-state index in [1.54, 1.807) is 26.3 Å². The number of hydrogen-bond donors (Lipinski definition) is 2. The van der Waals surface area contributed by atoms with Crippen LogP contribution in [0.3, 0.4) is 0 Å². The molecular weight excluding hydrogens is 408 g/mol. The van der Waals surface area contributed by atoms with Crippen molar-refractivity contribution in [2.45, 2.75) is 31.1 Å². The van der Waals surface area contributed by atoms with Crippen molar-refractivity contribution in [3.63, 3.8) is 0 Å². The van der Waals surface area contributed by atoms with Gasteiger partial charge in [0, 0.05) is 39.3 Å². The van der Waals surface area contributed by atoms with Crippen molar-refractivity contribution in [1.29, 1.82) is 0 Å². The van der Waals surface area contributed by atoms with E-state index >= 15 is 0 Å². The van der Waals surface area contributed by atoms with Gasteiger partial charge in [-0.25, -0.2) is 4.39 Å². The molecule has 130 valence electrons. The van der Waals surface area contributed by atoms with E-state index in [1.165, 1.54) is 12.0 Å². The van der Waals surface area contributed by atoms with Crippen molar-refractivity contribution in [1.82, 2.24) is 10.6 Å². The van der Waals surface area contributed by atoms with Crippen molar-refractivity contribution < 1.29 is 9.13 Å². The average molecular weight is 435 g/mol. The second-order valence-corrected chi connectivity index (χ2v) is 5.84. The third kappa shape index (κ3) is 5.60. The molecule has 2 rings (SSSR count). The van der Waals surface area contributed by atoms with E-state index in [-0.39, 0.29) is 35.2 Å². The second kappa shape index (κ2) is 10.1. The van der Waals surface area contributed by atoms with Gasteiger partial charge in [0.15, 0.2) is 5.96 Å². The first-order chi connectivity index (χ1) is 10.7. The van der Waals surface area contributed by atoms with Gasteiger partial charge in [0.1, 0.15) is 5.82 Å². The van der Waals surface area contributed by atoms with Gasteiger partial charge in [0.05, 0.1) is 0 Å². The van der Waals surface area contributed by atoms with E-state index in [0.29, 0.717) is 0 Å². The number of benzene rings is 1. The predicted molar refractivity (Wildman–Crippen MR) is 103 cm³/mol. The average Bonchev–Trinajstić information content (AvgIpc) is 2.49. The molecule has 1 fully saturated rings. The van der Waals surface area contributed by atoms with Gasteiger partial charge in [-0.3, -0.25) is 4.99 Å². The van der Waals surface area contributed by atoms with Gasteiger partial charge in [-0.2, -0.15) is 0 Å². The van der Waals surface area contributed by atoms with Crippen molar-refractivity contribution in [2.75, 3.05) is 33.9 Å². The molecule has 0 saturated heterocycles. The lowest BCUT2D eigenvalue weighted by Crippen LogP contribution is -2.49. The van der Waals surface area contributed by atoms with Crippen molar-refractivity contribution in [3.8, 4) is 0 Å². The number of rotatable bonds is 7. The maximum Gasteiger partial charge on any atom is 0.191 e. The molecule has 1 aliphatic rings. The standard InChI is InChI=1S/C17H26FN3O.HI/c1-19-16(20-11-4-12-22-2)21-13-17(9-3-10-17)14-5-7-15(18)8-6-14;/h5-8H,3-4,9-13H2,1-2H3,(H2,19,20,21);1H. The highest BCUT2D eigenvalue weighted by atomic mass is 127. The first-order valence-corrected chi connectivity index (χ1v) is 7.90. The third-order valence-corrected chi connectivity index (χ3v) is 4.40. The monoisotopic (exact) mass is 435 g/mol. The molecule has 6 heteroatoms. The highest BCUT2D eigenvalue weighted by Crippen LogP contribution is 2.43. The van der Waals surface area contributed by atoms with Crippen LogP contribution in [0.2, 0.25) is 0 Å². The molecule has 1 aromatic rings. The van der Waals surface area contributed by atoms with Crippen LogP contribution in [0.15, 0.2) is 29.3 Å². The Kier molecular flexibility index (Phi) is 8.83. The first kappa shape index (κ1) is 20.2. The predicted octanol–water partition coefficient (Wildman–Crippen LogP) is 3.07. The molecule has 0 aliphatic heterocycles. The minimum absolute atomic E-state index is 0. The molecule has 0 radical (unpaired) electrons. The Morgan fingerprint density at radius 1 is 1.26 bits per heavy atom. The van der Waals surface area contributed by atoms with Gasteiger partial charge in [-0.1, -0.05) is 18.6 Å². The van der Waals surface area contributed by atoms with Gasteiger partial charge >= 0.3 is 0 Å². The molecule has 1 aromatic carbocycles. The summed E-state index contributed by atoms with van der Waals surface area (Å²) in [6, 6.07) is 6.91. The molecular formula is C17H27FIN3O. The van der Waals surface area contributed by atoms with Crippen LogP contribution in [-0.4, -0.2) is 39.8 Å². The first-order valence-electron chi connectivity index (χ1n) is 7.90. The number of aliphatic imine (C=N–C) groups is 1.